The van der Waals surface area contributed by atoms with Crippen molar-refractivity contribution in [3.63, 3.8) is 0 Å². The minimum absolute atomic E-state index is 0.0230. The second-order valence-electron chi connectivity index (χ2n) is 6.54. The van der Waals surface area contributed by atoms with E-state index in [0.29, 0.717) is 5.75 Å². The van der Waals surface area contributed by atoms with E-state index in [9.17, 15) is 23.1 Å². The Hall–Kier alpha value is -2.78. The van der Waals surface area contributed by atoms with Gasteiger partial charge in [0.25, 0.3) is 0 Å². The average molecular weight is 427 g/mol. The Morgan fingerprint density at radius 3 is 2.53 bits per heavy atom. The number of aliphatic hydroxyl groups excluding tert-OH is 1. The molecule has 2 N–H and O–H groups in total. The molecule has 2 atom stereocenters. The molecule has 0 saturated heterocycles. The molecular formula is C21H24F3NO5. The number of methoxy groups -OCH3 is 1. The topological polar surface area (TPSA) is 77.0 Å². The number of aliphatic hydroxyl groups is 1. The predicted octanol–water partition coefficient (Wildman–Crippen LogP) is 3.18. The van der Waals surface area contributed by atoms with Crippen LogP contribution in [0.3, 0.4) is 0 Å². The predicted molar refractivity (Wildman–Crippen MR) is 103 cm³/mol. The lowest BCUT2D eigenvalue weighted by molar-refractivity contribution is -0.137. The van der Waals surface area contributed by atoms with Crippen molar-refractivity contribution in [3.8, 4) is 11.5 Å². The fourth-order valence-electron chi connectivity index (χ4n) is 2.43. The molecule has 6 nitrogen and oxygen atoms in total. The summed E-state index contributed by atoms with van der Waals surface area (Å²) in [6.07, 6.45) is -6.35. The second-order valence-corrected chi connectivity index (χ2v) is 6.54. The van der Waals surface area contributed by atoms with Gasteiger partial charge in [-0.25, -0.2) is 0 Å². The van der Waals surface area contributed by atoms with E-state index < -0.39 is 29.9 Å². The van der Waals surface area contributed by atoms with Gasteiger partial charge in [0.15, 0.2) is 0 Å². The minimum atomic E-state index is -4.48. The standard InChI is InChI=1S/C21H24F3NO5/c1-14(29-12-15-5-3-7-18(9-15)28-2)20(27)25-11-17(26)13-30-19-8-4-6-16(10-19)21(22,23)24/h3-10,14,17,26H,11-13H2,1-2H3,(H,25,27). The second kappa shape index (κ2) is 10.8. The number of hydrogen-bond acceptors (Lipinski definition) is 5. The smallest absolute Gasteiger partial charge is 0.416 e. The average Bonchev–Trinajstić information content (AvgIpc) is 2.74. The van der Waals surface area contributed by atoms with Gasteiger partial charge in [0.05, 0.1) is 19.3 Å². The number of hydrogen-bond donors (Lipinski definition) is 2. The molecule has 0 fully saturated rings. The fraction of sp³-hybridized carbons (Fsp3) is 0.381. The number of carbonyl (C=O) groups excluding carboxylic acids is 1. The maximum absolute atomic E-state index is 12.7. The van der Waals surface area contributed by atoms with E-state index in [1.54, 1.807) is 26.2 Å². The van der Waals surface area contributed by atoms with Crippen LogP contribution in [-0.4, -0.2) is 43.5 Å². The molecule has 2 unspecified atom stereocenters. The lowest BCUT2D eigenvalue weighted by atomic mass is 10.2. The van der Waals surface area contributed by atoms with E-state index in [-0.39, 0.29) is 25.5 Å². The van der Waals surface area contributed by atoms with Gasteiger partial charge >= 0.3 is 6.18 Å². The lowest BCUT2D eigenvalue weighted by Crippen LogP contribution is -2.40. The number of halogens is 3. The Balaban J connectivity index is 1.73. The van der Waals surface area contributed by atoms with Crippen LogP contribution < -0.4 is 14.8 Å². The maximum Gasteiger partial charge on any atom is 0.416 e. The molecule has 164 valence electrons. The van der Waals surface area contributed by atoms with Crippen LogP contribution in [0, 0.1) is 0 Å². The molecule has 30 heavy (non-hydrogen) atoms. The molecule has 9 heteroatoms. The third kappa shape index (κ3) is 7.57. The Kier molecular flexibility index (Phi) is 8.49. The van der Waals surface area contributed by atoms with Gasteiger partial charge in [-0.05, 0) is 42.8 Å². The van der Waals surface area contributed by atoms with Gasteiger partial charge in [-0.1, -0.05) is 18.2 Å². The molecule has 2 aromatic rings. The van der Waals surface area contributed by atoms with Gasteiger partial charge in [0.2, 0.25) is 5.91 Å². The molecular weight excluding hydrogens is 403 g/mol. The quantitative estimate of drug-likeness (QED) is 0.609. The van der Waals surface area contributed by atoms with E-state index in [1.165, 1.54) is 12.1 Å². The number of nitrogens with one attached hydrogen (secondary N) is 1. The van der Waals surface area contributed by atoms with Crippen molar-refractivity contribution >= 4 is 5.91 Å². The number of alkyl halides is 3. The molecule has 1 amide bonds. The van der Waals surface area contributed by atoms with Gasteiger partial charge in [-0.2, -0.15) is 13.2 Å². The molecule has 0 aromatic heterocycles. The Morgan fingerprint density at radius 1 is 1.13 bits per heavy atom. The third-order valence-electron chi connectivity index (χ3n) is 4.12. The summed E-state index contributed by atoms with van der Waals surface area (Å²) in [6, 6.07) is 11.6. The van der Waals surface area contributed by atoms with E-state index in [0.717, 1.165) is 17.7 Å². The first-order valence-corrected chi connectivity index (χ1v) is 9.19. The molecule has 0 heterocycles. The molecule has 0 spiro atoms. The largest absolute Gasteiger partial charge is 0.497 e. The van der Waals surface area contributed by atoms with Crippen LogP contribution in [0.15, 0.2) is 48.5 Å². The number of rotatable bonds is 10. The molecule has 0 bridgehead atoms. The summed E-state index contributed by atoms with van der Waals surface area (Å²) < 4.78 is 53.9. The van der Waals surface area contributed by atoms with Crippen LogP contribution in [-0.2, 0) is 22.3 Å². The highest BCUT2D eigenvalue weighted by Gasteiger charge is 2.30. The number of carbonyl (C=O) groups is 1. The van der Waals surface area contributed by atoms with Gasteiger partial charge in [0.1, 0.15) is 30.3 Å². The van der Waals surface area contributed by atoms with Crippen LogP contribution in [0.1, 0.15) is 18.1 Å². The normalized spacial score (nSPS) is 13.4. The molecule has 0 aliphatic carbocycles. The zero-order valence-corrected chi connectivity index (χ0v) is 16.6. The van der Waals surface area contributed by atoms with Crippen LogP contribution >= 0.6 is 0 Å². The van der Waals surface area contributed by atoms with E-state index in [1.807, 2.05) is 12.1 Å². The van der Waals surface area contributed by atoms with Crippen LogP contribution in [0.5, 0.6) is 11.5 Å². The monoisotopic (exact) mass is 427 g/mol. The van der Waals surface area contributed by atoms with Crippen molar-refractivity contribution in [1.29, 1.82) is 0 Å². The first kappa shape index (κ1) is 23.5. The minimum Gasteiger partial charge on any atom is -0.497 e. The first-order valence-electron chi connectivity index (χ1n) is 9.19. The van der Waals surface area contributed by atoms with Gasteiger partial charge in [0, 0.05) is 6.54 Å². The lowest BCUT2D eigenvalue weighted by Gasteiger charge is -2.17. The Morgan fingerprint density at radius 2 is 1.83 bits per heavy atom. The van der Waals surface area contributed by atoms with Gasteiger partial charge in [-0.3, -0.25) is 4.79 Å². The van der Waals surface area contributed by atoms with Crippen LogP contribution in [0.25, 0.3) is 0 Å². The van der Waals surface area contributed by atoms with E-state index >= 15 is 0 Å². The molecule has 0 saturated carbocycles. The molecule has 2 aromatic carbocycles. The Bertz CT molecular complexity index is 828. The molecule has 0 aliphatic heterocycles. The van der Waals surface area contributed by atoms with E-state index in [2.05, 4.69) is 5.32 Å². The number of ether oxygens (including phenoxy) is 3. The summed E-state index contributed by atoms with van der Waals surface area (Å²) >= 11 is 0. The Labute approximate surface area is 172 Å². The van der Waals surface area contributed by atoms with Crippen molar-refractivity contribution in [3.05, 3.63) is 59.7 Å². The van der Waals surface area contributed by atoms with Gasteiger partial charge in [-0.15, -0.1) is 0 Å². The highest BCUT2D eigenvalue weighted by Crippen LogP contribution is 2.31. The summed E-state index contributed by atoms with van der Waals surface area (Å²) in [7, 11) is 1.55. The van der Waals surface area contributed by atoms with Crippen LogP contribution in [0.2, 0.25) is 0 Å². The molecule has 2 rings (SSSR count). The zero-order valence-electron chi connectivity index (χ0n) is 16.6. The van der Waals surface area contributed by atoms with E-state index in [4.69, 9.17) is 14.2 Å². The summed E-state index contributed by atoms with van der Waals surface area (Å²) in [6.45, 7) is 1.36. The van der Waals surface area contributed by atoms with Crippen LogP contribution in [0.4, 0.5) is 13.2 Å². The fourth-order valence-corrected chi connectivity index (χ4v) is 2.43. The summed E-state index contributed by atoms with van der Waals surface area (Å²) in [5, 5.41) is 12.4. The third-order valence-corrected chi connectivity index (χ3v) is 4.12. The highest BCUT2D eigenvalue weighted by atomic mass is 19.4. The van der Waals surface area contributed by atoms with Crippen molar-refractivity contribution in [2.24, 2.45) is 0 Å². The van der Waals surface area contributed by atoms with Gasteiger partial charge < -0.3 is 24.6 Å². The summed E-state index contributed by atoms with van der Waals surface area (Å²) in [5.74, 6) is 0.221. The zero-order chi connectivity index (χ0) is 22.1. The molecule has 0 radical (unpaired) electrons. The summed E-state index contributed by atoms with van der Waals surface area (Å²) in [5.41, 5.74) is -0.00618. The number of amides is 1. The van der Waals surface area contributed by atoms with Crippen molar-refractivity contribution < 1.29 is 37.3 Å². The maximum atomic E-state index is 12.7. The first-order chi connectivity index (χ1) is 14.2. The number of benzene rings is 2. The highest BCUT2D eigenvalue weighted by molar-refractivity contribution is 5.80. The van der Waals surface area contributed by atoms with Crippen molar-refractivity contribution in [1.82, 2.24) is 5.32 Å². The summed E-state index contributed by atoms with van der Waals surface area (Å²) in [4.78, 5) is 12.1. The molecule has 0 aliphatic rings. The van der Waals surface area contributed by atoms with Crippen molar-refractivity contribution in [2.45, 2.75) is 31.9 Å². The SMILES string of the molecule is COc1cccc(COC(C)C(=O)NCC(O)COc2cccc(C(F)(F)F)c2)c1. The van der Waals surface area contributed by atoms with Crippen molar-refractivity contribution in [2.75, 3.05) is 20.3 Å².